The van der Waals surface area contributed by atoms with Crippen LogP contribution >= 0.6 is 39.1 Å². The first-order chi connectivity index (χ1) is 8.97. The number of nitrogens with one attached hydrogen (secondary N) is 1. The first-order valence-electron chi connectivity index (χ1n) is 5.50. The fourth-order valence-corrected chi connectivity index (χ4v) is 2.44. The molecule has 0 heterocycles. The number of amides is 1. The van der Waals surface area contributed by atoms with Gasteiger partial charge in [0, 0.05) is 10.0 Å². The average molecular weight is 359 g/mol. The lowest BCUT2D eigenvalue weighted by Gasteiger charge is -2.08. The predicted octanol–water partition coefficient (Wildman–Crippen LogP) is 5.32. The Morgan fingerprint density at radius 2 is 1.84 bits per heavy atom. The molecule has 0 aliphatic heterocycles. The van der Waals surface area contributed by atoms with E-state index < -0.39 is 0 Å². The SMILES string of the molecule is Cc1ccc(NC(=O)c2ccc(Cl)c(Cl)c2)c(Br)c1. The number of aryl methyl sites for hydroxylation is 1. The number of hydrogen-bond donors (Lipinski definition) is 1. The molecule has 0 saturated heterocycles. The van der Waals surface area contributed by atoms with E-state index in [0.29, 0.717) is 21.3 Å². The molecular formula is C14H10BrCl2NO. The Hall–Kier alpha value is -1.03. The standard InChI is InChI=1S/C14H10BrCl2NO/c1-8-2-5-13(10(15)6-8)18-14(19)9-3-4-11(16)12(17)7-9/h2-7H,1H3,(H,18,19). The van der Waals surface area contributed by atoms with Gasteiger partial charge >= 0.3 is 0 Å². The zero-order chi connectivity index (χ0) is 14.0. The normalized spacial score (nSPS) is 10.3. The highest BCUT2D eigenvalue weighted by molar-refractivity contribution is 9.10. The molecule has 0 aliphatic rings. The molecule has 98 valence electrons. The number of benzene rings is 2. The van der Waals surface area contributed by atoms with Gasteiger partial charge in [0.2, 0.25) is 0 Å². The summed E-state index contributed by atoms with van der Waals surface area (Å²) >= 11 is 15.1. The largest absolute Gasteiger partial charge is 0.321 e. The van der Waals surface area contributed by atoms with E-state index in [4.69, 9.17) is 23.2 Å². The van der Waals surface area contributed by atoms with Gasteiger partial charge in [-0.1, -0.05) is 29.3 Å². The summed E-state index contributed by atoms with van der Waals surface area (Å²) in [6.07, 6.45) is 0. The number of carbonyl (C=O) groups excluding carboxylic acids is 1. The van der Waals surface area contributed by atoms with E-state index in [-0.39, 0.29) is 5.91 Å². The third-order valence-electron chi connectivity index (χ3n) is 2.55. The molecule has 0 aliphatic carbocycles. The van der Waals surface area contributed by atoms with E-state index in [2.05, 4.69) is 21.2 Å². The fourth-order valence-electron chi connectivity index (χ4n) is 1.55. The van der Waals surface area contributed by atoms with Crippen LogP contribution in [0.4, 0.5) is 5.69 Å². The monoisotopic (exact) mass is 357 g/mol. The summed E-state index contributed by atoms with van der Waals surface area (Å²) in [6.45, 7) is 1.98. The van der Waals surface area contributed by atoms with Crippen molar-refractivity contribution < 1.29 is 4.79 Å². The van der Waals surface area contributed by atoms with E-state index in [1.54, 1.807) is 18.2 Å². The molecule has 19 heavy (non-hydrogen) atoms. The second kappa shape index (κ2) is 5.95. The Bertz CT molecular complexity index is 643. The molecule has 0 atom stereocenters. The van der Waals surface area contributed by atoms with Crippen LogP contribution in [0.25, 0.3) is 0 Å². The maximum absolute atomic E-state index is 12.1. The second-order valence-corrected chi connectivity index (χ2v) is 5.74. The van der Waals surface area contributed by atoms with Crippen molar-refractivity contribution in [3.8, 4) is 0 Å². The third kappa shape index (κ3) is 3.50. The van der Waals surface area contributed by atoms with Crippen LogP contribution in [0.5, 0.6) is 0 Å². The fraction of sp³-hybridized carbons (Fsp3) is 0.0714. The first-order valence-corrected chi connectivity index (χ1v) is 7.05. The Balaban J connectivity index is 2.23. The quantitative estimate of drug-likeness (QED) is 0.773. The van der Waals surface area contributed by atoms with Gasteiger partial charge in [0.15, 0.2) is 0 Å². The summed E-state index contributed by atoms with van der Waals surface area (Å²) in [5.41, 5.74) is 2.28. The molecule has 0 bridgehead atoms. The molecule has 0 fully saturated rings. The van der Waals surface area contributed by atoms with Gasteiger partial charge in [0.05, 0.1) is 15.7 Å². The van der Waals surface area contributed by atoms with Crippen LogP contribution in [0.2, 0.25) is 10.0 Å². The number of carbonyl (C=O) groups is 1. The Morgan fingerprint density at radius 1 is 1.11 bits per heavy atom. The smallest absolute Gasteiger partial charge is 0.255 e. The van der Waals surface area contributed by atoms with E-state index in [1.165, 1.54) is 0 Å². The third-order valence-corrected chi connectivity index (χ3v) is 3.95. The van der Waals surface area contributed by atoms with Crippen LogP contribution in [-0.2, 0) is 0 Å². The molecule has 0 unspecified atom stereocenters. The molecule has 0 aromatic heterocycles. The van der Waals surface area contributed by atoms with Crippen molar-refractivity contribution in [1.29, 1.82) is 0 Å². The van der Waals surface area contributed by atoms with E-state index in [0.717, 1.165) is 10.0 Å². The van der Waals surface area contributed by atoms with Crippen molar-refractivity contribution in [2.45, 2.75) is 6.92 Å². The summed E-state index contributed by atoms with van der Waals surface area (Å²) in [4.78, 5) is 12.1. The molecule has 2 aromatic carbocycles. The lowest BCUT2D eigenvalue weighted by atomic mass is 10.2. The van der Waals surface area contributed by atoms with Gasteiger partial charge in [-0.2, -0.15) is 0 Å². The van der Waals surface area contributed by atoms with Crippen molar-refractivity contribution in [2.75, 3.05) is 5.32 Å². The molecule has 2 rings (SSSR count). The minimum atomic E-state index is -0.233. The lowest BCUT2D eigenvalue weighted by Crippen LogP contribution is -2.12. The molecule has 5 heteroatoms. The van der Waals surface area contributed by atoms with Crippen LogP contribution < -0.4 is 5.32 Å². The van der Waals surface area contributed by atoms with Gasteiger partial charge in [-0.05, 0) is 58.7 Å². The zero-order valence-electron chi connectivity index (χ0n) is 10.0. The molecule has 1 N–H and O–H groups in total. The van der Waals surface area contributed by atoms with Crippen molar-refractivity contribution in [2.24, 2.45) is 0 Å². The Morgan fingerprint density at radius 3 is 2.47 bits per heavy atom. The van der Waals surface area contributed by atoms with Gasteiger partial charge in [-0.15, -0.1) is 0 Å². The molecule has 2 aromatic rings. The van der Waals surface area contributed by atoms with Crippen LogP contribution in [0.15, 0.2) is 40.9 Å². The van der Waals surface area contributed by atoms with Crippen LogP contribution in [0.1, 0.15) is 15.9 Å². The van der Waals surface area contributed by atoms with Gasteiger partial charge in [-0.3, -0.25) is 4.79 Å². The van der Waals surface area contributed by atoms with E-state index in [9.17, 15) is 4.79 Å². The maximum atomic E-state index is 12.1. The highest BCUT2D eigenvalue weighted by atomic mass is 79.9. The number of hydrogen-bond acceptors (Lipinski definition) is 1. The van der Waals surface area contributed by atoms with Gasteiger partial charge in [-0.25, -0.2) is 0 Å². The number of anilines is 1. The highest BCUT2D eigenvalue weighted by Crippen LogP contribution is 2.26. The highest BCUT2D eigenvalue weighted by Gasteiger charge is 2.10. The minimum Gasteiger partial charge on any atom is -0.321 e. The summed E-state index contributed by atoms with van der Waals surface area (Å²) < 4.78 is 0.834. The number of rotatable bonds is 2. The van der Waals surface area contributed by atoms with Gasteiger partial charge in [0.1, 0.15) is 0 Å². The zero-order valence-corrected chi connectivity index (χ0v) is 13.1. The van der Waals surface area contributed by atoms with E-state index in [1.807, 2.05) is 25.1 Å². The average Bonchev–Trinajstić information content (AvgIpc) is 2.36. The molecule has 1 amide bonds. The van der Waals surface area contributed by atoms with Crippen LogP contribution in [0, 0.1) is 6.92 Å². The summed E-state index contributed by atoms with van der Waals surface area (Å²) in [6, 6.07) is 10.5. The van der Waals surface area contributed by atoms with Gasteiger partial charge in [0.25, 0.3) is 5.91 Å². The van der Waals surface area contributed by atoms with Crippen molar-refractivity contribution >= 4 is 50.7 Å². The maximum Gasteiger partial charge on any atom is 0.255 e. The summed E-state index contributed by atoms with van der Waals surface area (Å²) in [5, 5.41) is 3.60. The molecule has 0 spiro atoms. The summed E-state index contributed by atoms with van der Waals surface area (Å²) in [7, 11) is 0. The molecular weight excluding hydrogens is 349 g/mol. The topological polar surface area (TPSA) is 29.1 Å². The Kier molecular flexibility index (Phi) is 4.50. The molecule has 0 saturated carbocycles. The summed E-state index contributed by atoms with van der Waals surface area (Å²) in [5.74, 6) is -0.233. The van der Waals surface area contributed by atoms with Gasteiger partial charge < -0.3 is 5.32 Å². The number of halogens is 3. The van der Waals surface area contributed by atoms with Crippen LogP contribution in [0.3, 0.4) is 0 Å². The van der Waals surface area contributed by atoms with Crippen molar-refractivity contribution in [3.63, 3.8) is 0 Å². The second-order valence-electron chi connectivity index (χ2n) is 4.07. The predicted molar refractivity (Wildman–Crippen MR) is 83.3 cm³/mol. The van der Waals surface area contributed by atoms with Crippen molar-refractivity contribution in [3.05, 3.63) is 62.0 Å². The Labute approximate surface area is 129 Å². The van der Waals surface area contributed by atoms with Crippen molar-refractivity contribution in [1.82, 2.24) is 0 Å². The lowest BCUT2D eigenvalue weighted by molar-refractivity contribution is 0.102. The van der Waals surface area contributed by atoms with Crippen LogP contribution in [-0.4, -0.2) is 5.91 Å². The minimum absolute atomic E-state index is 0.233. The molecule has 2 nitrogen and oxygen atoms in total. The first kappa shape index (κ1) is 14.4. The van der Waals surface area contributed by atoms with E-state index >= 15 is 0 Å². The molecule has 0 radical (unpaired) electrons.